The minimum Gasteiger partial charge on any atom is -0.495 e. The lowest BCUT2D eigenvalue weighted by atomic mass is 10.1. The standard InChI is InChI=1S/C24H23N3O3S.C23H21N3O3S.C21H23N3O3S.C20H21N3O4S.C20H21N3O3S/c1-4-19-20(5-2)26-22(17-12-21(30-3)31-13-17)27-23(19)25-18-9-8-14-10-16(24(28)29)7-6-15(14)11-18;1-4-18-13(2)24-22(19-9-10-20(29-3)30-19)26-21(18)25-17-8-7-14-11-16(23(27)28)6-5-15(14)12-17;1-4-16-17(5-2)23-20(14-11-19(27-3)28-12-14)24-21(16)22-15-8-6-13(7-9-15)10-18(25)26;1-5-13-11(2)21-19(16-8-9-17(27-4)28-16)23-18(13)22-14-7-6-12(20(24)25)10-15(14)26-3;1-4-15-16(5-2)22-18(13-10-17(26-3)27-11-13)23-19(15)21-14-8-6-12(7-9-14)20(24)25/h6-13H,4-5H2,1-3H3,(H,28,29)(H,25,26,27);5-12H,4H2,1-3H3,(H,27,28)(H,24,25,26);6-9,11-12H,4-5,10H2,1-3H3,(H,25,26)(H,22,23,24);6-10H,5H2,1-4H3,(H,24,25)(H,21,22,23);6-11H,4-5H2,1-3H3,(H,24,25)(H,21,22,23). The van der Waals surface area contributed by atoms with Gasteiger partial charge in [-0.15, -0.1) is 34.0 Å². The van der Waals surface area contributed by atoms with Crippen LogP contribution in [0.25, 0.3) is 77.1 Å². The Morgan fingerprint density at radius 3 is 0.938 bits per heavy atom. The van der Waals surface area contributed by atoms with E-state index in [1.54, 1.807) is 90.1 Å². The summed E-state index contributed by atoms with van der Waals surface area (Å²) in [6.07, 6.45) is 6.41. The van der Waals surface area contributed by atoms with E-state index in [9.17, 15) is 39.3 Å². The maximum atomic E-state index is 11.2. The first-order chi connectivity index (χ1) is 69.5. The monoisotopic (exact) mass is 2030 g/mol. The number of thiophene rings is 5. The van der Waals surface area contributed by atoms with Gasteiger partial charge in [0.1, 0.15) is 34.8 Å². The third-order valence-corrected chi connectivity index (χ3v) is 27.7. The van der Waals surface area contributed by atoms with Crippen molar-refractivity contribution in [3.05, 3.63) is 282 Å². The number of fused-ring (bicyclic) bond motifs is 2. The average Bonchev–Trinajstić information content (AvgIpc) is 1.15. The number of carbonyl (C=O) groups is 5. The molecule has 0 bridgehead atoms. The molecule has 0 atom stereocenters. The Kier molecular flexibility index (Phi) is 36.2. The van der Waals surface area contributed by atoms with Crippen LogP contribution in [0.1, 0.15) is 159 Å². The Bertz CT molecular complexity index is 7470. The molecule has 0 unspecified atom stereocenters. The fraction of sp³-hybridized carbons (Fsp3) is 0.231. The lowest BCUT2D eigenvalue weighted by Crippen LogP contribution is -2.07. The number of aromatic nitrogens is 10. The Hall–Kier alpha value is -15.9. The van der Waals surface area contributed by atoms with Gasteiger partial charge in [0, 0.05) is 130 Å². The number of hydrogen-bond acceptors (Lipinski definition) is 31. The average molecular weight is 2030 g/mol. The van der Waals surface area contributed by atoms with Gasteiger partial charge in [-0.2, -0.15) is 0 Å². The van der Waals surface area contributed by atoms with Crippen molar-refractivity contribution in [2.75, 3.05) is 69.2 Å². The molecule has 17 aromatic rings. The van der Waals surface area contributed by atoms with Crippen LogP contribution < -0.4 is 55.0 Å². The molecular formula is C108H109N15O16S5. The smallest absolute Gasteiger partial charge is 0.335 e. The van der Waals surface area contributed by atoms with Crippen molar-refractivity contribution in [1.82, 2.24) is 49.8 Å². The molecule has 10 heterocycles. The van der Waals surface area contributed by atoms with Gasteiger partial charge in [0.05, 0.1) is 86.8 Å². The van der Waals surface area contributed by atoms with E-state index in [4.69, 9.17) is 78.5 Å². The van der Waals surface area contributed by atoms with E-state index in [0.717, 1.165) is 233 Å². The number of benzene rings is 7. The zero-order valence-corrected chi connectivity index (χ0v) is 86.2. The number of methoxy groups -OCH3 is 6. The van der Waals surface area contributed by atoms with E-state index in [1.165, 1.54) is 75.9 Å². The van der Waals surface area contributed by atoms with Gasteiger partial charge in [0.25, 0.3) is 0 Å². The van der Waals surface area contributed by atoms with Crippen LogP contribution in [0.15, 0.2) is 198 Å². The maximum absolute atomic E-state index is 11.2. The summed E-state index contributed by atoms with van der Waals surface area (Å²) < 4.78 is 31.8. The summed E-state index contributed by atoms with van der Waals surface area (Å²) in [7, 11) is 9.72. The number of anilines is 10. The maximum Gasteiger partial charge on any atom is 0.335 e. The first kappa shape index (κ1) is 105. The van der Waals surface area contributed by atoms with Gasteiger partial charge in [-0.1, -0.05) is 114 Å². The van der Waals surface area contributed by atoms with Crippen molar-refractivity contribution in [3.8, 4) is 86.6 Å². The molecule has 0 radical (unpaired) electrons. The minimum absolute atomic E-state index is 0.0120. The molecule has 7 aromatic carbocycles. The molecule has 742 valence electrons. The second-order valence-corrected chi connectivity index (χ2v) is 36.8. The summed E-state index contributed by atoms with van der Waals surface area (Å²) in [6, 6.07) is 54.1. The molecular weight excluding hydrogens is 1920 g/mol. The molecule has 0 saturated heterocycles. The number of nitrogens with one attached hydrogen (secondary N) is 5. The number of carboxylic acids is 5. The quantitative estimate of drug-likeness (QED) is 0.0176. The van der Waals surface area contributed by atoms with E-state index in [2.05, 4.69) is 85.0 Å². The molecule has 31 nitrogen and oxygen atoms in total. The van der Waals surface area contributed by atoms with E-state index < -0.39 is 29.8 Å². The van der Waals surface area contributed by atoms with E-state index in [1.807, 2.05) is 152 Å². The lowest BCUT2D eigenvalue weighted by Gasteiger charge is -2.16. The number of aliphatic carboxylic acids is 1. The summed E-state index contributed by atoms with van der Waals surface area (Å²) in [4.78, 5) is 105. The van der Waals surface area contributed by atoms with Crippen LogP contribution >= 0.6 is 56.7 Å². The molecule has 0 saturated carbocycles. The van der Waals surface area contributed by atoms with Crippen molar-refractivity contribution >= 4 is 166 Å². The van der Waals surface area contributed by atoms with Crippen LogP contribution in [0.2, 0.25) is 0 Å². The lowest BCUT2D eigenvalue weighted by molar-refractivity contribution is -0.136. The van der Waals surface area contributed by atoms with Crippen molar-refractivity contribution < 1.29 is 77.9 Å². The Balaban J connectivity index is 0.000000151. The second kappa shape index (κ2) is 49.5. The summed E-state index contributed by atoms with van der Waals surface area (Å²) in [6.45, 7) is 20.6. The molecule has 0 amide bonds. The molecule has 0 fully saturated rings. The summed E-state index contributed by atoms with van der Waals surface area (Å²) >= 11 is 7.51. The van der Waals surface area contributed by atoms with Crippen LogP contribution in [0.4, 0.5) is 57.5 Å². The van der Waals surface area contributed by atoms with Crippen LogP contribution in [0, 0.1) is 13.8 Å². The van der Waals surface area contributed by atoms with Crippen molar-refractivity contribution in [2.24, 2.45) is 0 Å². The molecule has 0 spiro atoms. The van der Waals surface area contributed by atoms with Gasteiger partial charge in [-0.3, -0.25) is 4.79 Å². The largest absolute Gasteiger partial charge is 0.495 e. The molecule has 144 heavy (non-hydrogen) atoms. The van der Waals surface area contributed by atoms with Crippen LogP contribution in [0.3, 0.4) is 0 Å². The van der Waals surface area contributed by atoms with Gasteiger partial charge in [0.15, 0.2) is 54.4 Å². The summed E-state index contributed by atoms with van der Waals surface area (Å²) in [5.74, 6) is 2.77. The molecule has 0 aliphatic heterocycles. The molecule has 0 aliphatic carbocycles. The van der Waals surface area contributed by atoms with Crippen molar-refractivity contribution in [2.45, 2.75) is 127 Å². The number of aryl methyl sites for hydroxylation is 5. The number of nitrogens with zero attached hydrogens (tertiary/aromatic N) is 10. The Morgan fingerprint density at radius 2 is 0.604 bits per heavy atom. The molecule has 10 aromatic heterocycles. The first-order valence-electron chi connectivity index (χ1n) is 46.1. The molecule has 0 aliphatic rings. The molecule has 10 N–H and O–H groups in total. The number of rotatable bonds is 35. The zero-order chi connectivity index (χ0) is 103. The Labute approximate surface area is 852 Å². The first-order valence-corrected chi connectivity index (χ1v) is 50.4. The van der Waals surface area contributed by atoms with E-state index >= 15 is 0 Å². The number of carboxylic acid groups (broad SMARTS) is 5. The topological polar surface area (TPSA) is 431 Å². The number of ether oxygens (including phenoxy) is 6. The predicted octanol–water partition coefficient (Wildman–Crippen LogP) is 25.6. The van der Waals surface area contributed by atoms with Gasteiger partial charge in [-0.05, 0) is 220 Å². The fourth-order valence-electron chi connectivity index (χ4n) is 15.6. The normalized spacial score (nSPS) is 10.8. The van der Waals surface area contributed by atoms with E-state index in [0.29, 0.717) is 46.4 Å². The van der Waals surface area contributed by atoms with Crippen LogP contribution in [0.5, 0.6) is 31.1 Å². The molecule has 17 rings (SSSR count). The van der Waals surface area contributed by atoms with Crippen LogP contribution in [-0.4, -0.2) is 148 Å². The van der Waals surface area contributed by atoms with Gasteiger partial charge >= 0.3 is 29.8 Å². The fourth-order valence-corrected chi connectivity index (χ4v) is 19.2. The third kappa shape index (κ3) is 26.3. The van der Waals surface area contributed by atoms with Crippen LogP contribution in [-0.2, 0) is 62.6 Å². The SMILES string of the molecule is CCc1c(C)nc(-c2ccc(OC)s2)nc1Nc1ccc(C(=O)O)cc1OC.CCc1c(C)nc(-c2ccc(OC)s2)nc1Nc1ccc2cc(C(=O)O)ccc2c1.CCc1nc(-c2csc(OC)c2)nc(Nc2ccc(C(=O)O)cc2)c1CC.CCc1nc(-c2csc(OC)c2)nc(Nc2ccc(CC(=O)O)cc2)c1CC.CCc1nc(-c2csc(OC)c2)nc(Nc2ccc3cc(C(=O)O)ccc3c2)c1CC. The van der Waals surface area contributed by atoms with Gasteiger partial charge in [0.2, 0.25) is 0 Å². The third-order valence-electron chi connectivity index (χ3n) is 23.0. The van der Waals surface area contributed by atoms with Crippen molar-refractivity contribution in [1.29, 1.82) is 0 Å². The van der Waals surface area contributed by atoms with E-state index in [-0.39, 0.29) is 28.7 Å². The minimum atomic E-state index is -1.01. The number of aromatic carboxylic acids is 4. The Morgan fingerprint density at radius 1 is 0.292 bits per heavy atom. The van der Waals surface area contributed by atoms with Crippen molar-refractivity contribution in [3.63, 3.8) is 0 Å². The van der Waals surface area contributed by atoms with Gasteiger partial charge in [-0.25, -0.2) is 69.0 Å². The summed E-state index contributed by atoms with van der Waals surface area (Å²) in [5.41, 5.74) is 18.7. The summed E-state index contributed by atoms with van der Waals surface area (Å²) in [5, 5.41) is 76.1. The highest BCUT2D eigenvalue weighted by molar-refractivity contribution is 7.17. The second-order valence-electron chi connectivity index (χ2n) is 32.1. The predicted molar refractivity (Wildman–Crippen MR) is 573 cm³/mol. The molecule has 36 heteroatoms. The highest BCUT2D eigenvalue weighted by atomic mass is 32.1. The highest BCUT2D eigenvalue weighted by Crippen LogP contribution is 2.41. The van der Waals surface area contributed by atoms with Gasteiger partial charge < -0.3 is 80.5 Å². The number of hydrogen-bond donors (Lipinski definition) is 10. The highest BCUT2D eigenvalue weighted by Gasteiger charge is 2.24. The zero-order valence-electron chi connectivity index (χ0n) is 82.2.